The summed E-state index contributed by atoms with van der Waals surface area (Å²) in [6, 6.07) is 14.7. The molecule has 0 saturated carbocycles. The molecule has 1 amide bonds. The Morgan fingerprint density at radius 3 is 2.69 bits per heavy atom. The summed E-state index contributed by atoms with van der Waals surface area (Å²) in [4.78, 5) is 30.4. The van der Waals surface area contributed by atoms with Crippen LogP contribution in [0.3, 0.4) is 0 Å². The number of benzene rings is 2. The molecule has 1 aromatic heterocycles. The molecule has 162 valence electrons. The molecule has 1 fully saturated rings. The van der Waals surface area contributed by atoms with E-state index in [9.17, 15) is 14.0 Å². The molecule has 1 aliphatic rings. The maximum atomic E-state index is 15.0. The first-order chi connectivity index (χ1) is 15.6. The summed E-state index contributed by atoms with van der Waals surface area (Å²) in [5.41, 5.74) is 6.58. The highest BCUT2D eigenvalue weighted by molar-refractivity contribution is 6.08. The van der Waals surface area contributed by atoms with Crippen LogP contribution < -0.4 is 16.1 Å². The van der Waals surface area contributed by atoms with Crippen LogP contribution in [0, 0.1) is 5.82 Å². The molecule has 1 aliphatic heterocycles. The molecule has 0 radical (unpaired) electrons. The summed E-state index contributed by atoms with van der Waals surface area (Å²) in [6.07, 6.45) is 4.09. The van der Waals surface area contributed by atoms with Crippen LogP contribution in [0.25, 0.3) is 5.69 Å². The maximum absolute atomic E-state index is 15.0. The Balaban J connectivity index is 1.73. The second kappa shape index (κ2) is 9.36. The molecular weight excluding hydrogens is 413 g/mol. The Hall–Kier alpha value is -4.11. The number of morpholine rings is 1. The molecule has 32 heavy (non-hydrogen) atoms. The van der Waals surface area contributed by atoms with Gasteiger partial charge in [-0.05, 0) is 42.6 Å². The first-order valence-corrected chi connectivity index (χ1v) is 9.87. The van der Waals surface area contributed by atoms with Gasteiger partial charge in [-0.2, -0.15) is 5.10 Å². The van der Waals surface area contributed by atoms with Crippen LogP contribution in [0.4, 0.5) is 15.8 Å². The van der Waals surface area contributed by atoms with Gasteiger partial charge in [0.05, 0.1) is 18.0 Å². The number of rotatable bonds is 5. The van der Waals surface area contributed by atoms with Crippen molar-refractivity contribution in [3.63, 3.8) is 0 Å². The Morgan fingerprint density at radius 2 is 1.97 bits per heavy atom. The van der Waals surface area contributed by atoms with Gasteiger partial charge in [-0.1, -0.05) is 18.2 Å². The van der Waals surface area contributed by atoms with Crippen LogP contribution in [0.2, 0.25) is 0 Å². The molecule has 2 aromatic carbocycles. The maximum Gasteiger partial charge on any atom is 0.253 e. The Morgan fingerprint density at radius 1 is 1.16 bits per heavy atom. The number of hydrogen-bond acceptors (Lipinski definition) is 6. The Kier molecular flexibility index (Phi) is 6.18. The molecular formula is C23H20FN5O3. The number of nitrogens with two attached hydrogens (primary N) is 1. The minimum Gasteiger partial charge on any atom is -0.405 e. The minimum absolute atomic E-state index is 0.0184. The van der Waals surface area contributed by atoms with E-state index in [1.165, 1.54) is 46.3 Å². The zero-order valence-electron chi connectivity index (χ0n) is 17.0. The number of halogens is 1. The normalized spacial score (nSPS) is 14.8. The van der Waals surface area contributed by atoms with Crippen LogP contribution in [0.1, 0.15) is 5.69 Å². The molecule has 1 saturated heterocycles. The molecule has 3 aromatic rings. The van der Waals surface area contributed by atoms with E-state index in [4.69, 9.17) is 10.5 Å². The van der Waals surface area contributed by atoms with Gasteiger partial charge in [0, 0.05) is 24.5 Å². The highest BCUT2D eigenvalue weighted by Crippen LogP contribution is 2.22. The van der Waals surface area contributed by atoms with Crippen LogP contribution in [0.5, 0.6) is 0 Å². The van der Waals surface area contributed by atoms with Crippen molar-refractivity contribution in [3.05, 3.63) is 94.8 Å². The van der Waals surface area contributed by atoms with Crippen molar-refractivity contribution in [1.29, 1.82) is 0 Å². The van der Waals surface area contributed by atoms with E-state index in [-0.39, 0.29) is 35.0 Å². The monoisotopic (exact) mass is 433 g/mol. The highest BCUT2D eigenvalue weighted by atomic mass is 19.1. The lowest BCUT2D eigenvalue weighted by atomic mass is 10.2. The molecule has 9 heteroatoms. The van der Waals surface area contributed by atoms with Gasteiger partial charge in [0.2, 0.25) is 5.43 Å². The number of ether oxygens (including phenoxy) is 1. The number of nitrogens with zero attached hydrogens (tertiary/aromatic N) is 4. The average Bonchev–Trinajstić information content (AvgIpc) is 2.80. The summed E-state index contributed by atoms with van der Waals surface area (Å²) in [5, 5.41) is 4.30. The predicted octanol–water partition coefficient (Wildman–Crippen LogP) is 2.33. The lowest BCUT2D eigenvalue weighted by Gasteiger charge is -2.27. The number of aromatic nitrogens is 2. The van der Waals surface area contributed by atoms with Crippen molar-refractivity contribution in [3.8, 4) is 5.69 Å². The minimum atomic E-state index is -0.597. The van der Waals surface area contributed by atoms with E-state index in [1.807, 2.05) is 18.2 Å². The summed E-state index contributed by atoms with van der Waals surface area (Å²) >= 11 is 0. The van der Waals surface area contributed by atoms with Gasteiger partial charge in [-0.15, -0.1) is 0 Å². The molecule has 8 nitrogen and oxygen atoms in total. The smallest absolute Gasteiger partial charge is 0.253 e. The van der Waals surface area contributed by atoms with Crippen molar-refractivity contribution in [2.45, 2.75) is 0 Å². The van der Waals surface area contributed by atoms with Crippen LogP contribution >= 0.6 is 0 Å². The largest absolute Gasteiger partial charge is 0.405 e. The number of para-hydroxylation sites is 1. The molecule has 0 atom stereocenters. The third kappa shape index (κ3) is 4.47. The third-order valence-corrected chi connectivity index (χ3v) is 4.79. The lowest BCUT2D eigenvalue weighted by Crippen LogP contribution is -2.41. The summed E-state index contributed by atoms with van der Waals surface area (Å²) in [7, 11) is 0. The van der Waals surface area contributed by atoms with Crippen molar-refractivity contribution < 1.29 is 13.9 Å². The molecule has 2 N–H and O–H groups in total. The molecule has 0 spiro atoms. The van der Waals surface area contributed by atoms with E-state index in [1.54, 1.807) is 18.2 Å². The highest BCUT2D eigenvalue weighted by Gasteiger charge is 2.21. The molecule has 0 aliphatic carbocycles. The van der Waals surface area contributed by atoms with Crippen LogP contribution in [-0.2, 0) is 9.53 Å². The van der Waals surface area contributed by atoms with Gasteiger partial charge >= 0.3 is 0 Å². The number of amides is 1. The van der Waals surface area contributed by atoms with Gasteiger partial charge in [0.1, 0.15) is 12.3 Å². The van der Waals surface area contributed by atoms with Gasteiger partial charge in [0.15, 0.2) is 11.5 Å². The van der Waals surface area contributed by atoms with Crippen molar-refractivity contribution >= 4 is 23.0 Å². The molecule has 4 rings (SSSR count). The lowest BCUT2D eigenvalue weighted by molar-refractivity contribution is -0.125. The van der Waals surface area contributed by atoms with E-state index < -0.39 is 5.82 Å². The summed E-state index contributed by atoms with van der Waals surface area (Å²) < 4.78 is 21.3. The number of carbonyl (C=O) groups excluding carboxylic acids is 1. The standard InChI is InChI=1S/C23H20FN5O3/c24-18-14-17(28-12-13-32-15-22(28)31)6-7-20(18)29-11-9-21(30)23(27-29)19(8-10-25)26-16-4-2-1-3-5-16/h1-11,14H,12-13,15,25H2. The number of carbonyl (C=O) groups is 1. The molecule has 0 unspecified atom stereocenters. The summed E-state index contributed by atoms with van der Waals surface area (Å²) in [5.74, 6) is -0.831. The first kappa shape index (κ1) is 21.1. The zero-order valence-corrected chi connectivity index (χ0v) is 17.0. The van der Waals surface area contributed by atoms with Gasteiger partial charge in [0.25, 0.3) is 5.91 Å². The fourth-order valence-corrected chi connectivity index (χ4v) is 3.26. The summed E-state index contributed by atoms with van der Waals surface area (Å²) in [6.45, 7) is 0.701. The van der Waals surface area contributed by atoms with Crippen molar-refractivity contribution in [2.24, 2.45) is 10.7 Å². The van der Waals surface area contributed by atoms with Gasteiger partial charge < -0.3 is 15.4 Å². The third-order valence-electron chi connectivity index (χ3n) is 4.79. The quantitative estimate of drug-likeness (QED) is 0.622. The van der Waals surface area contributed by atoms with Gasteiger partial charge in [-0.3, -0.25) is 9.59 Å². The van der Waals surface area contributed by atoms with Gasteiger partial charge in [-0.25, -0.2) is 14.1 Å². The second-order valence-corrected chi connectivity index (χ2v) is 6.90. The fourth-order valence-electron chi connectivity index (χ4n) is 3.26. The van der Waals surface area contributed by atoms with Crippen molar-refractivity contribution in [1.82, 2.24) is 9.78 Å². The average molecular weight is 433 g/mol. The molecule has 2 heterocycles. The zero-order chi connectivity index (χ0) is 22.5. The molecule has 0 bridgehead atoms. The van der Waals surface area contributed by atoms with Crippen LogP contribution in [-0.4, -0.2) is 41.2 Å². The predicted molar refractivity (Wildman–Crippen MR) is 119 cm³/mol. The Bertz CT molecular complexity index is 1250. The van der Waals surface area contributed by atoms with E-state index in [0.717, 1.165) is 0 Å². The Labute approximate surface area is 183 Å². The first-order valence-electron chi connectivity index (χ1n) is 9.87. The van der Waals surface area contributed by atoms with E-state index in [0.29, 0.717) is 24.5 Å². The number of allylic oxidation sites excluding steroid dienone is 1. The fraction of sp³-hybridized carbons (Fsp3) is 0.130. The number of aliphatic imine (C=N–C) groups is 1. The number of anilines is 1. The topological polar surface area (TPSA) is 103 Å². The second-order valence-electron chi connectivity index (χ2n) is 6.90. The van der Waals surface area contributed by atoms with E-state index in [2.05, 4.69) is 10.1 Å². The van der Waals surface area contributed by atoms with E-state index >= 15 is 0 Å². The van der Waals surface area contributed by atoms with Crippen molar-refractivity contribution in [2.75, 3.05) is 24.7 Å². The number of hydrogen-bond donors (Lipinski definition) is 1. The van der Waals surface area contributed by atoms with Crippen LogP contribution in [0.15, 0.2) is 82.9 Å². The SMILES string of the molecule is NC=CC(=Nc1ccccc1)c1nn(-c2ccc(N3CCOCC3=O)cc2F)ccc1=O.